The van der Waals surface area contributed by atoms with Gasteiger partial charge in [-0.3, -0.25) is 4.79 Å². The Labute approximate surface area is 162 Å². The Kier molecular flexibility index (Phi) is 5.06. The van der Waals surface area contributed by atoms with E-state index in [1.165, 1.54) is 12.1 Å². The quantitative estimate of drug-likeness (QED) is 0.739. The maximum atomic E-state index is 13.2. The third-order valence-corrected chi connectivity index (χ3v) is 4.96. The number of aromatic nitrogens is 3. The number of carbonyl (C=O) groups is 1. The summed E-state index contributed by atoms with van der Waals surface area (Å²) in [6, 6.07) is 13.7. The maximum absolute atomic E-state index is 13.2. The molecule has 1 N–H and O–H groups in total. The Hall–Kier alpha value is -3.22. The zero-order valence-corrected chi connectivity index (χ0v) is 15.6. The first-order valence-corrected chi connectivity index (χ1v) is 9.23. The molecule has 0 spiro atoms. The fourth-order valence-corrected chi connectivity index (χ4v) is 3.56. The molecular weight excluding hydrogens is 359 g/mol. The highest BCUT2D eigenvalue weighted by molar-refractivity contribution is 5.79. The second kappa shape index (κ2) is 7.80. The first-order valence-electron chi connectivity index (χ1n) is 9.23. The molecule has 4 rings (SSSR count). The zero-order chi connectivity index (χ0) is 19.5. The number of fused-ring (bicyclic) bond motifs is 1. The molecule has 1 atom stereocenters. The summed E-state index contributed by atoms with van der Waals surface area (Å²) in [5.74, 6) is 1.95. The topological polar surface area (TPSA) is 69.0 Å². The van der Waals surface area contributed by atoms with Crippen LogP contribution in [0, 0.1) is 5.82 Å². The summed E-state index contributed by atoms with van der Waals surface area (Å²) in [6.07, 6.45) is 1.80. The molecule has 1 aliphatic heterocycles. The number of amides is 1. The molecule has 1 aliphatic rings. The highest BCUT2D eigenvalue weighted by Gasteiger charge is 2.25. The summed E-state index contributed by atoms with van der Waals surface area (Å²) in [7, 11) is 1.60. The van der Waals surface area contributed by atoms with E-state index >= 15 is 0 Å². The zero-order valence-electron chi connectivity index (χ0n) is 15.6. The molecule has 1 aromatic heterocycles. The van der Waals surface area contributed by atoms with Crippen LogP contribution in [0.4, 0.5) is 4.39 Å². The van der Waals surface area contributed by atoms with Crippen LogP contribution in [0.3, 0.4) is 0 Å². The van der Waals surface area contributed by atoms with Crippen LogP contribution < -0.4 is 10.1 Å². The Morgan fingerprint density at radius 1 is 1.21 bits per heavy atom. The van der Waals surface area contributed by atoms with E-state index in [2.05, 4.69) is 15.5 Å². The number of hydrogen-bond acceptors (Lipinski definition) is 4. The van der Waals surface area contributed by atoms with Crippen LogP contribution in [0.5, 0.6) is 5.75 Å². The van der Waals surface area contributed by atoms with Crippen molar-refractivity contribution in [2.75, 3.05) is 7.11 Å². The van der Waals surface area contributed by atoms with Crippen LogP contribution in [0.1, 0.15) is 17.8 Å². The summed E-state index contributed by atoms with van der Waals surface area (Å²) in [4.78, 5) is 12.5. The lowest BCUT2D eigenvalue weighted by Crippen LogP contribution is -2.41. The Morgan fingerprint density at radius 2 is 2.00 bits per heavy atom. The fraction of sp³-hybridized carbons (Fsp3) is 0.286. The number of carbonyl (C=O) groups excluding carboxylic acids is 1. The molecule has 3 aromatic rings. The monoisotopic (exact) mass is 380 g/mol. The van der Waals surface area contributed by atoms with Gasteiger partial charge in [0.05, 0.1) is 13.5 Å². The van der Waals surface area contributed by atoms with Gasteiger partial charge >= 0.3 is 0 Å². The lowest BCUT2D eigenvalue weighted by Gasteiger charge is -2.25. The highest BCUT2D eigenvalue weighted by atomic mass is 19.1. The van der Waals surface area contributed by atoms with Gasteiger partial charge < -0.3 is 14.6 Å². The van der Waals surface area contributed by atoms with E-state index in [-0.39, 0.29) is 24.2 Å². The second-order valence-electron chi connectivity index (χ2n) is 6.85. The molecule has 0 saturated carbocycles. The normalized spacial score (nSPS) is 15.7. The van der Waals surface area contributed by atoms with Crippen LogP contribution >= 0.6 is 0 Å². The molecule has 144 valence electrons. The SMILES string of the molecule is COc1ccccc1CC(=O)NC1CCc2nnc(-c3ccc(F)cc3)n2C1. The first-order chi connectivity index (χ1) is 13.6. The Morgan fingerprint density at radius 3 is 2.79 bits per heavy atom. The van der Waals surface area contributed by atoms with Crippen molar-refractivity contribution in [3.63, 3.8) is 0 Å². The average molecular weight is 380 g/mol. The lowest BCUT2D eigenvalue weighted by atomic mass is 10.1. The molecule has 0 aliphatic carbocycles. The molecule has 2 aromatic carbocycles. The highest BCUT2D eigenvalue weighted by Crippen LogP contribution is 2.24. The van der Waals surface area contributed by atoms with Gasteiger partial charge in [0.25, 0.3) is 0 Å². The summed E-state index contributed by atoms with van der Waals surface area (Å²) in [6.45, 7) is 0.590. The summed E-state index contributed by atoms with van der Waals surface area (Å²) >= 11 is 0. The number of benzene rings is 2. The van der Waals surface area contributed by atoms with Gasteiger partial charge in [0.15, 0.2) is 5.82 Å². The van der Waals surface area contributed by atoms with Crippen LogP contribution in [0.25, 0.3) is 11.4 Å². The van der Waals surface area contributed by atoms with Crippen molar-refractivity contribution in [2.24, 2.45) is 0 Å². The number of para-hydroxylation sites is 1. The molecule has 6 nitrogen and oxygen atoms in total. The summed E-state index contributed by atoms with van der Waals surface area (Å²) in [5, 5.41) is 11.6. The molecule has 0 fully saturated rings. The predicted octanol–water partition coefficient (Wildman–Crippen LogP) is 2.77. The van der Waals surface area contributed by atoms with Crippen molar-refractivity contribution in [2.45, 2.75) is 31.8 Å². The number of nitrogens with zero attached hydrogens (tertiary/aromatic N) is 3. The molecule has 1 amide bonds. The number of nitrogens with one attached hydrogen (secondary N) is 1. The van der Waals surface area contributed by atoms with Gasteiger partial charge in [-0.2, -0.15) is 0 Å². The van der Waals surface area contributed by atoms with Crippen LogP contribution in [-0.4, -0.2) is 33.8 Å². The number of methoxy groups -OCH3 is 1. The smallest absolute Gasteiger partial charge is 0.224 e. The van der Waals surface area contributed by atoms with E-state index in [1.54, 1.807) is 19.2 Å². The minimum Gasteiger partial charge on any atom is -0.496 e. The van der Waals surface area contributed by atoms with Gasteiger partial charge in [0.1, 0.15) is 17.4 Å². The van der Waals surface area contributed by atoms with Crippen LogP contribution in [0.15, 0.2) is 48.5 Å². The molecule has 2 heterocycles. The van der Waals surface area contributed by atoms with E-state index < -0.39 is 0 Å². The van der Waals surface area contributed by atoms with Gasteiger partial charge in [-0.1, -0.05) is 18.2 Å². The van der Waals surface area contributed by atoms with E-state index in [0.717, 1.165) is 29.8 Å². The molecular formula is C21H21FN4O2. The third kappa shape index (κ3) is 3.74. The van der Waals surface area contributed by atoms with Crippen molar-refractivity contribution in [3.8, 4) is 17.1 Å². The maximum Gasteiger partial charge on any atom is 0.224 e. The number of aryl methyl sites for hydroxylation is 1. The minimum absolute atomic E-state index is 0.00935. The average Bonchev–Trinajstić information content (AvgIpc) is 3.12. The largest absolute Gasteiger partial charge is 0.496 e. The fourth-order valence-electron chi connectivity index (χ4n) is 3.56. The van der Waals surface area contributed by atoms with Crippen molar-refractivity contribution < 1.29 is 13.9 Å². The van der Waals surface area contributed by atoms with E-state index in [9.17, 15) is 9.18 Å². The number of rotatable bonds is 5. The third-order valence-electron chi connectivity index (χ3n) is 4.96. The molecule has 7 heteroatoms. The van der Waals surface area contributed by atoms with Gasteiger partial charge in [0, 0.05) is 30.1 Å². The Balaban J connectivity index is 1.46. The standard InChI is InChI=1S/C21H21FN4O2/c1-28-18-5-3-2-4-15(18)12-20(27)23-17-10-11-19-24-25-21(26(19)13-17)14-6-8-16(22)9-7-14/h2-9,17H,10-13H2,1H3,(H,23,27). The van der Waals surface area contributed by atoms with Crippen molar-refractivity contribution in [3.05, 3.63) is 65.7 Å². The number of hydrogen-bond donors (Lipinski definition) is 1. The molecule has 0 radical (unpaired) electrons. The summed E-state index contributed by atoms with van der Waals surface area (Å²) in [5.41, 5.74) is 1.66. The predicted molar refractivity (Wildman–Crippen MR) is 102 cm³/mol. The van der Waals surface area contributed by atoms with Gasteiger partial charge in [-0.15, -0.1) is 10.2 Å². The molecule has 0 saturated heterocycles. The Bertz CT molecular complexity index is 984. The van der Waals surface area contributed by atoms with E-state index in [0.29, 0.717) is 18.1 Å². The number of halogens is 1. The van der Waals surface area contributed by atoms with Gasteiger partial charge in [-0.25, -0.2) is 4.39 Å². The van der Waals surface area contributed by atoms with Gasteiger partial charge in [-0.05, 0) is 36.8 Å². The lowest BCUT2D eigenvalue weighted by molar-refractivity contribution is -0.121. The summed E-state index contributed by atoms with van der Waals surface area (Å²) < 4.78 is 20.5. The van der Waals surface area contributed by atoms with Crippen LogP contribution in [-0.2, 0) is 24.2 Å². The van der Waals surface area contributed by atoms with E-state index in [1.807, 2.05) is 28.8 Å². The van der Waals surface area contributed by atoms with Crippen molar-refractivity contribution >= 4 is 5.91 Å². The molecule has 0 bridgehead atoms. The van der Waals surface area contributed by atoms with Crippen LogP contribution in [0.2, 0.25) is 0 Å². The van der Waals surface area contributed by atoms with Crippen molar-refractivity contribution in [1.29, 1.82) is 0 Å². The molecule has 28 heavy (non-hydrogen) atoms. The van der Waals surface area contributed by atoms with E-state index in [4.69, 9.17) is 4.74 Å². The second-order valence-corrected chi connectivity index (χ2v) is 6.85. The van der Waals surface area contributed by atoms with Crippen molar-refractivity contribution in [1.82, 2.24) is 20.1 Å². The van der Waals surface area contributed by atoms with Gasteiger partial charge in [0.2, 0.25) is 5.91 Å². The number of ether oxygens (including phenoxy) is 1. The molecule has 1 unspecified atom stereocenters. The minimum atomic E-state index is -0.288. The first kappa shape index (κ1) is 18.2.